The smallest absolute Gasteiger partial charge is 0.226 e. The summed E-state index contributed by atoms with van der Waals surface area (Å²) in [4.78, 5) is 0. The second kappa shape index (κ2) is 5.78. The number of aliphatic hydroxyl groups is 1. The summed E-state index contributed by atoms with van der Waals surface area (Å²) in [6.45, 7) is 1.88. The zero-order valence-electron chi connectivity index (χ0n) is 8.80. The number of sulfonamides is 1. The first-order chi connectivity index (χ1) is 6.66. The summed E-state index contributed by atoms with van der Waals surface area (Å²) in [7, 11) is -7.31. The standard InChI is InChI=1S/C7H17NO5S2/c1-7(3-4-9)5-8-15(12,13)6-14(2,10)11/h7-9H,3-6H2,1-2H3. The van der Waals surface area contributed by atoms with Crippen molar-refractivity contribution in [3.63, 3.8) is 0 Å². The summed E-state index contributed by atoms with van der Waals surface area (Å²) in [5, 5.41) is 7.68. The van der Waals surface area contributed by atoms with Crippen molar-refractivity contribution in [2.75, 3.05) is 24.5 Å². The average molecular weight is 259 g/mol. The summed E-state index contributed by atoms with van der Waals surface area (Å²) >= 11 is 0. The number of sulfone groups is 1. The molecule has 8 heteroatoms. The Hall–Kier alpha value is -0.180. The molecular weight excluding hydrogens is 242 g/mol. The Morgan fingerprint density at radius 1 is 1.27 bits per heavy atom. The second-order valence-corrected chi connectivity index (χ2v) is 7.94. The molecule has 0 aromatic rings. The highest BCUT2D eigenvalue weighted by Crippen LogP contribution is 2.00. The summed E-state index contributed by atoms with van der Waals surface area (Å²) in [6.07, 6.45) is 1.34. The first kappa shape index (κ1) is 14.8. The van der Waals surface area contributed by atoms with Gasteiger partial charge in [0, 0.05) is 19.4 Å². The zero-order chi connectivity index (χ0) is 12.1. The average Bonchev–Trinajstić information content (AvgIpc) is 1.97. The first-order valence-corrected chi connectivity index (χ1v) is 8.13. The Labute approximate surface area is 90.7 Å². The molecule has 0 saturated heterocycles. The van der Waals surface area contributed by atoms with Gasteiger partial charge in [0.2, 0.25) is 10.0 Å². The summed E-state index contributed by atoms with van der Waals surface area (Å²) < 4.78 is 46.1. The summed E-state index contributed by atoms with van der Waals surface area (Å²) in [5.74, 6) is -0.0238. The van der Waals surface area contributed by atoms with E-state index in [1.807, 2.05) is 0 Å². The fraction of sp³-hybridized carbons (Fsp3) is 1.00. The van der Waals surface area contributed by atoms with Crippen LogP contribution >= 0.6 is 0 Å². The van der Waals surface area contributed by atoms with E-state index < -0.39 is 24.9 Å². The number of aliphatic hydroxyl groups excluding tert-OH is 1. The van der Waals surface area contributed by atoms with E-state index in [-0.39, 0.29) is 19.1 Å². The van der Waals surface area contributed by atoms with E-state index in [1.165, 1.54) is 0 Å². The molecule has 0 rings (SSSR count). The van der Waals surface area contributed by atoms with Crippen LogP contribution in [0.4, 0.5) is 0 Å². The molecule has 0 fully saturated rings. The third-order valence-corrected chi connectivity index (χ3v) is 5.20. The number of nitrogens with one attached hydrogen (secondary N) is 1. The van der Waals surface area contributed by atoms with Gasteiger partial charge in [0.1, 0.15) is 0 Å². The van der Waals surface area contributed by atoms with Crippen molar-refractivity contribution < 1.29 is 21.9 Å². The highest BCUT2D eigenvalue weighted by Gasteiger charge is 2.18. The Balaban J connectivity index is 4.18. The summed E-state index contributed by atoms with van der Waals surface area (Å²) in [5.41, 5.74) is 0. The predicted octanol–water partition coefficient (Wildman–Crippen LogP) is -1.07. The van der Waals surface area contributed by atoms with Gasteiger partial charge in [-0.3, -0.25) is 0 Å². The molecular formula is C7H17NO5S2. The van der Waals surface area contributed by atoms with Crippen LogP contribution in [0.15, 0.2) is 0 Å². The Kier molecular flexibility index (Phi) is 5.71. The van der Waals surface area contributed by atoms with Crippen molar-refractivity contribution in [2.24, 2.45) is 5.92 Å². The number of rotatable bonds is 7. The van der Waals surface area contributed by atoms with Gasteiger partial charge in [0.15, 0.2) is 14.9 Å². The lowest BCUT2D eigenvalue weighted by Crippen LogP contribution is -2.33. The molecule has 15 heavy (non-hydrogen) atoms. The Bertz CT molecular complexity index is 372. The van der Waals surface area contributed by atoms with Gasteiger partial charge in [-0.05, 0) is 12.3 Å². The van der Waals surface area contributed by atoms with Gasteiger partial charge >= 0.3 is 0 Å². The molecule has 0 aliphatic carbocycles. The molecule has 0 aliphatic heterocycles. The number of hydrogen-bond donors (Lipinski definition) is 2. The summed E-state index contributed by atoms with van der Waals surface area (Å²) in [6, 6.07) is 0. The van der Waals surface area contributed by atoms with Crippen LogP contribution in [0.5, 0.6) is 0 Å². The van der Waals surface area contributed by atoms with E-state index in [9.17, 15) is 16.8 Å². The SMILES string of the molecule is CC(CCO)CNS(=O)(=O)CS(C)(=O)=O. The van der Waals surface area contributed by atoms with Crippen molar-refractivity contribution in [2.45, 2.75) is 13.3 Å². The third-order valence-electron chi connectivity index (χ3n) is 1.64. The van der Waals surface area contributed by atoms with Crippen LogP contribution in [0, 0.1) is 5.92 Å². The zero-order valence-corrected chi connectivity index (χ0v) is 10.4. The van der Waals surface area contributed by atoms with Gasteiger partial charge in [-0.25, -0.2) is 21.6 Å². The molecule has 0 spiro atoms. The van der Waals surface area contributed by atoms with Crippen LogP contribution < -0.4 is 4.72 Å². The topological polar surface area (TPSA) is 101 Å². The van der Waals surface area contributed by atoms with E-state index >= 15 is 0 Å². The lowest BCUT2D eigenvalue weighted by Gasteiger charge is -2.10. The van der Waals surface area contributed by atoms with Crippen LogP contribution in [0.2, 0.25) is 0 Å². The maximum Gasteiger partial charge on any atom is 0.226 e. The highest BCUT2D eigenvalue weighted by atomic mass is 32.3. The van der Waals surface area contributed by atoms with Crippen molar-refractivity contribution in [3.8, 4) is 0 Å². The van der Waals surface area contributed by atoms with Crippen molar-refractivity contribution in [1.29, 1.82) is 0 Å². The van der Waals surface area contributed by atoms with E-state index in [1.54, 1.807) is 6.92 Å². The van der Waals surface area contributed by atoms with Crippen LogP contribution in [-0.4, -0.2) is 46.4 Å². The minimum Gasteiger partial charge on any atom is -0.396 e. The Morgan fingerprint density at radius 2 is 1.80 bits per heavy atom. The van der Waals surface area contributed by atoms with Gasteiger partial charge < -0.3 is 5.11 Å². The minimum absolute atomic E-state index is 0.0189. The largest absolute Gasteiger partial charge is 0.396 e. The molecule has 0 aromatic heterocycles. The maximum atomic E-state index is 11.2. The van der Waals surface area contributed by atoms with Crippen LogP contribution in [0.1, 0.15) is 13.3 Å². The van der Waals surface area contributed by atoms with Crippen LogP contribution in [-0.2, 0) is 19.9 Å². The maximum absolute atomic E-state index is 11.2. The monoisotopic (exact) mass is 259 g/mol. The van der Waals surface area contributed by atoms with Crippen LogP contribution in [0.25, 0.3) is 0 Å². The fourth-order valence-electron chi connectivity index (χ4n) is 0.915. The molecule has 1 unspecified atom stereocenters. The Morgan fingerprint density at radius 3 is 2.20 bits per heavy atom. The van der Waals surface area contributed by atoms with Gasteiger partial charge in [0.05, 0.1) is 0 Å². The van der Waals surface area contributed by atoms with Crippen molar-refractivity contribution >= 4 is 19.9 Å². The molecule has 0 heterocycles. The molecule has 1 atom stereocenters. The van der Waals surface area contributed by atoms with E-state index in [0.717, 1.165) is 6.26 Å². The second-order valence-electron chi connectivity index (χ2n) is 3.62. The molecule has 6 nitrogen and oxygen atoms in total. The molecule has 0 aliphatic rings. The molecule has 0 aromatic carbocycles. The lowest BCUT2D eigenvalue weighted by atomic mass is 10.1. The van der Waals surface area contributed by atoms with Gasteiger partial charge in [0.25, 0.3) is 0 Å². The van der Waals surface area contributed by atoms with Gasteiger partial charge in [-0.1, -0.05) is 6.92 Å². The van der Waals surface area contributed by atoms with Crippen LogP contribution in [0.3, 0.4) is 0 Å². The van der Waals surface area contributed by atoms with Gasteiger partial charge in [-0.2, -0.15) is 0 Å². The predicted molar refractivity (Wildman–Crippen MR) is 57.5 cm³/mol. The quantitative estimate of drug-likeness (QED) is 0.606. The molecule has 0 amide bonds. The molecule has 2 N–H and O–H groups in total. The normalized spacial score (nSPS) is 15.1. The minimum atomic E-state index is -3.77. The highest BCUT2D eigenvalue weighted by molar-refractivity contribution is 8.06. The first-order valence-electron chi connectivity index (χ1n) is 4.42. The van der Waals surface area contributed by atoms with E-state index in [0.29, 0.717) is 6.42 Å². The number of hydrogen-bond acceptors (Lipinski definition) is 5. The molecule has 92 valence electrons. The molecule has 0 saturated carbocycles. The van der Waals surface area contributed by atoms with E-state index in [4.69, 9.17) is 5.11 Å². The van der Waals surface area contributed by atoms with Crippen molar-refractivity contribution in [1.82, 2.24) is 4.72 Å². The molecule has 0 radical (unpaired) electrons. The lowest BCUT2D eigenvalue weighted by molar-refractivity contribution is 0.263. The third kappa shape index (κ3) is 8.79. The molecule has 0 bridgehead atoms. The van der Waals surface area contributed by atoms with E-state index in [2.05, 4.69) is 4.72 Å². The fourth-order valence-corrected chi connectivity index (χ4v) is 4.04. The van der Waals surface area contributed by atoms with Crippen molar-refractivity contribution in [3.05, 3.63) is 0 Å². The van der Waals surface area contributed by atoms with Gasteiger partial charge in [-0.15, -0.1) is 0 Å².